The molecule has 0 radical (unpaired) electrons. The molecule has 0 spiro atoms. The van der Waals surface area contributed by atoms with Crippen molar-refractivity contribution in [2.24, 2.45) is 13.0 Å². The minimum absolute atomic E-state index is 0.0508. The van der Waals surface area contributed by atoms with Crippen molar-refractivity contribution in [2.45, 2.75) is 38.2 Å². The fourth-order valence-electron chi connectivity index (χ4n) is 3.93. The Morgan fingerprint density at radius 3 is 3.12 bits per heavy atom. The molecule has 25 heavy (non-hydrogen) atoms. The normalized spacial score (nSPS) is 22.4. The molecule has 1 aliphatic carbocycles. The number of nitriles is 1. The second-order valence-corrected chi connectivity index (χ2v) is 6.98. The van der Waals surface area contributed by atoms with Crippen molar-refractivity contribution in [3.05, 3.63) is 40.8 Å². The highest BCUT2D eigenvalue weighted by Gasteiger charge is 2.29. The van der Waals surface area contributed by atoms with Gasteiger partial charge in [-0.05, 0) is 43.7 Å². The Bertz CT molecular complexity index is 807. The maximum Gasteiger partial charge on any atom is 0.144 e. The minimum Gasteiger partial charge on any atom is -0.373 e. The molecule has 2 aromatic heterocycles. The molecule has 4 rings (SSSR count). The van der Waals surface area contributed by atoms with E-state index in [0.29, 0.717) is 11.5 Å². The number of fused-ring (bicyclic) bond motifs is 1. The van der Waals surface area contributed by atoms with Gasteiger partial charge in [0.25, 0.3) is 0 Å². The van der Waals surface area contributed by atoms with E-state index in [1.54, 1.807) is 0 Å². The third-order valence-corrected chi connectivity index (χ3v) is 5.20. The van der Waals surface area contributed by atoms with Crippen LogP contribution in [0.3, 0.4) is 0 Å². The summed E-state index contributed by atoms with van der Waals surface area (Å²) < 4.78 is 7.84. The second kappa shape index (κ2) is 6.85. The fourth-order valence-corrected chi connectivity index (χ4v) is 3.93. The average molecular weight is 337 g/mol. The third-order valence-electron chi connectivity index (χ3n) is 5.20. The zero-order chi connectivity index (χ0) is 17.2. The number of rotatable bonds is 4. The first-order valence-electron chi connectivity index (χ1n) is 9.01. The van der Waals surface area contributed by atoms with Crippen LogP contribution in [0, 0.1) is 17.2 Å². The number of nitrogens with zero attached hydrogens (tertiary/aromatic N) is 4. The van der Waals surface area contributed by atoms with Gasteiger partial charge in [-0.2, -0.15) is 10.4 Å². The van der Waals surface area contributed by atoms with Crippen LogP contribution in [0.5, 0.6) is 0 Å². The summed E-state index contributed by atoms with van der Waals surface area (Å²) in [5.74, 6) is 1.07. The highest BCUT2D eigenvalue weighted by Crippen LogP contribution is 2.34. The van der Waals surface area contributed by atoms with Crippen molar-refractivity contribution >= 4 is 5.82 Å². The quantitative estimate of drug-likeness (QED) is 0.928. The predicted octanol–water partition coefficient (Wildman–Crippen LogP) is 2.76. The number of hydrogen-bond donors (Lipinski definition) is 1. The van der Waals surface area contributed by atoms with Crippen molar-refractivity contribution in [1.82, 2.24) is 14.8 Å². The predicted molar refractivity (Wildman–Crippen MR) is 94.1 cm³/mol. The summed E-state index contributed by atoms with van der Waals surface area (Å²) in [7, 11) is 1.92. The van der Waals surface area contributed by atoms with Crippen molar-refractivity contribution in [2.75, 3.05) is 18.5 Å². The number of aromatic nitrogens is 3. The van der Waals surface area contributed by atoms with Gasteiger partial charge in [-0.25, -0.2) is 4.98 Å². The zero-order valence-electron chi connectivity index (χ0n) is 14.5. The van der Waals surface area contributed by atoms with Gasteiger partial charge < -0.3 is 10.1 Å². The first-order valence-corrected chi connectivity index (χ1v) is 9.01. The summed E-state index contributed by atoms with van der Waals surface area (Å²) in [6.45, 7) is 1.54. The molecule has 1 N–H and O–H groups in total. The molecule has 1 saturated heterocycles. The SMILES string of the molecule is Cn1cc([C@@H]2OCCC[C@H]2CNc2nc3c(cc2C#N)CCC3)cn1. The molecule has 130 valence electrons. The maximum absolute atomic E-state index is 9.45. The number of ether oxygens (including phenoxy) is 1. The summed E-state index contributed by atoms with van der Waals surface area (Å²) in [6, 6.07) is 4.30. The molecule has 6 heteroatoms. The molecule has 0 bridgehead atoms. The lowest BCUT2D eigenvalue weighted by atomic mass is 9.91. The largest absolute Gasteiger partial charge is 0.373 e. The average Bonchev–Trinajstić information content (AvgIpc) is 3.27. The molecule has 1 fully saturated rings. The highest BCUT2D eigenvalue weighted by atomic mass is 16.5. The zero-order valence-corrected chi connectivity index (χ0v) is 14.5. The maximum atomic E-state index is 9.45. The number of anilines is 1. The van der Waals surface area contributed by atoms with Crippen molar-refractivity contribution in [3.8, 4) is 6.07 Å². The Morgan fingerprint density at radius 2 is 2.32 bits per heavy atom. The topological polar surface area (TPSA) is 75.8 Å². The Balaban J connectivity index is 1.51. The van der Waals surface area contributed by atoms with E-state index in [9.17, 15) is 5.26 Å². The van der Waals surface area contributed by atoms with Gasteiger partial charge in [-0.3, -0.25) is 4.68 Å². The van der Waals surface area contributed by atoms with Crippen LogP contribution in [0.1, 0.15) is 47.8 Å². The number of nitrogens with one attached hydrogen (secondary N) is 1. The molecule has 0 aromatic carbocycles. The first-order chi connectivity index (χ1) is 12.2. The number of hydrogen-bond acceptors (Lipinski definition) is 5. The standard InChI is InChI=1S/C19H23N5O/c1-24-12-16(11-22-24)18-14(5-3-7-25-18)10-21-19-15(9-20)8-13-4-2-6-17(13)23-19/h8,11-12,14,18H,2-7,10H2,1H3,(H,21,23)/t14-,18+/m0/s1. The first kappa shape index (κ1) is 16.1. The summed E-state index contributed by atoms with van der Waals surface area (Å²) in [6.07, 6.45) is 9.31. The van der Waals surface area contributed by atoms with E-state index >= 15 is 0 Å². The van der Waals surface area contributed by atoms with E-state index in [1.165, 1.54) is 5.56 Å². The van der Waals surface area contributed by atoms with Crippen LogP contribution in [0.15, 0.2) is 18.5 Å². The van der Waals surface area contributed by atoms with Gasteiger partial charge in [0, 0.05) is 43.6 Å². The third kappa shape index (κ3) is 3.24. The fraction of sp³-hybridized carbons (Fsp3) is 0.526. The van der Waals surface area contributed by atoms with Gasteiger partial charge >= 0.3 is 0 Å². The van der Waals surface area contributed by atoms with Gasteiger partial charge in [0.2, 0.25) is 0 Å². The van der Waals surface area contributed by atoms with E-state index in [1.807, 2.05) is 30.2 Å². The lowest BCUT2D eigenvalue weighted by Crippen LogP contribution is -2.28. The minimum atomic E-state index is 0.0508. The lowest BCUT2D eigenvalue weighted by Gasteiger charge is -2.31. The number of pyridine rings is 1. The van der Waals surface area contributed by atoms with E-state index in [2.05, 4.69) is 16.5 Å². The highest BCUT2D eigenvalue weighted by molar-refractivity contribution is 5.55. The van der Waals surface area contributed by atoms with Crippen LogP contribution in [0.2, 0.25) is 0 Å². The Labute approximate surface area is 147 Å². The molecule has 0 saturated carbocycles. The van der Waals surface area contributed by atoms with E-state index in [0.717, 1.165) is 62.3 Å². The van der Waals surface area contributed by atoms with Crippen LogP contribution >= 0.6 is 0 Å². The van der Waals surface area contributed by atoms with E-state index in [4.69, 9.17) is 9.72 Å². The summed E-state index contributed by atoms with van der Waals surface area (Å²) in [5, 5.41) is 17.2. The van der Waals surface area contributed by atoms with Crippen LogP contribution < -0.4 is 5.32 Å². The van der Waals surface area contributed by atoms with Crippen LogP contribution in [0.4, 0.5) is 5.82 Å². The van der Waals surface area contributed by atoms with Crippen LogP contribution in [-0.4, -0.2) is 27.9 Å². The van der Waals surface area contributed by atoms with E-state index < -0.39 is 0 Å². The van der Waals surface area contributed by atoms with Crippen molar-refractivity contribution < 1.29 is 4.74 Å². The van der Waals surface area contributed by atoms with Crippen LogP contribution in [-0.2, 0) is 24.6 Å². The molecule has 2 aliphatic rings. The molecule has 1 aliphatic heterocycles. The molecule has 2 atom stereocenters. The summed E-state index contributed by atoms with van der Waals surface area (Å²) in [5.41, 5.74) is 4.15. The molecule has 0 amide bonds. The lowest BCUT2D eigenvalue weighted by molar-refractivity contribution is -0.0239. The van der Waals surface area contributed by atoms with Gasteiger partial charge in [0.15, 0.2) is 0 Å². The second-order valence-electron chi connectivity index (χ2n) is 6.98. The van der Waals surface area contributed by atoms with Gasteiger partial charge in [-0.1, -0.05) is 0 Å². The number of aryl methyl sites for hydroxylation is 3. The van der Waals surface area contributed by atoms with Crippen LogP contribution in [0.25, 0.3) is 0 Å². The van der Waals surface area contributed by atoms with Crippen molar-refractivity contribution in [1.29, 1.82) is 5.26 Å². The van der Waals surface area contributed by atoms with Gasteiger partial charge in [0.1, 0.15) is 11.9 Å². The molecule has 0 unspecified atom stereocenters. The van der Waals surface area contributed by atoms with Crippen molar-refractivity contribution in [3.63, 3.8) is 0 Å². The van der Waals surface area contributed by atoms with Gasteiger partial charge in [0.05, 0.1) is 17.9 Å². The summed E-state index contributed by atoms with van der Waals surface area (Å²) in [4.78, 5) is 4.72. The molecular weight excluding hydrogens is 314 g/mol. The smallest absolute Gasteiger partial charge is 0.144 e. The molecule has 6 nitrogen and oxygen atoms in total. The Kier molecular flexibility index (Phi) is 4.41. The molecule has 2 aromatic rings. The molecular formula is C19H23N5O. The van der Waals surface area contributed by atoms with E-state index in [-0.39, 0.29) is 6.10 Å². The Morgan fingerprint density at radius 1 is 1.40 bits per heavy atom. The van der Waals surface area contributed by atoms with Gasteiger partial charge in [-0.15, -0.1) is 0 Å². The Hall–Kier alpha value is -2.39. The monoisotopic (exact) mass is 337 g/mol. The summed E-state index contributed by atoms with van der Waals surface area (Å²) >= 11 is 0. The molecule has 3 heterocycles.